The third kappa shape index (κ3) is 6.70. The molecule has 2 heterocycles. The molecule has 1 aliphatic rings. The number of benzene rings is 2. The number of aromatic nitrogens is 3. The summed E-state index contributed by atoms with van der Waals surface area (Å²) in [5.74, 6) is -0.519. The van der Waals surface area contributed by atoms with Crippen LogP contribution in [0.2, 0.25) is 0 Å². The molecule has 0 radical (unpaired) electrons. The number of piperidine rings is 1. The summed E-state index contributed by atoms with van der Waals surface area (Å²) in [6, 6.07) is 10.4. The Kier molecular flexibility index (Phi) is 8.88. The Morgan fingerprint density at radius 2 is 1.69 bits per heavy atom. The highest BCUT2D eigenvalue weighted by molar-refractivity contribution is 5.70. The molecule has 0 aliphatic carbocycles. The lowest BCUT2D eigenvalue weighted by Crippen LogP contribution is -2.60. The van der Waals surface area contributed by atoms with Gasteiger partial charge in [0.1, 0.15) is 6.33 Å². The van der Waals surface area contributed by atoms with Crippen LogP contribution in [-0.4, -0.2) is 40.5 Å². The Balaban J connectivity index is 1.64. The van der Waals surface area contributed by atoms with Crippen LogP contribution in [0, 0.1) is 0 Å². The molecule has 0 spiro atoms. The van der Waals surface area contributed by atoms with E-state index in [-0.39, 0.29) is 50.7 Å². The molecule has 42 heavy (non-hydrogen) atoms. The van der Waals surface area contributed by atoms with Gasteiger partial charge in [-0.3, -0.25) is 9.36 Å². The maximum Gasteiger partial charge on any atom is 0.416 e. The standard InChI is InChI=1S/C28H30F6N4O4/c1-3-41-23(39)14-25(38-17-36-37-24(38)40)9-10-26(35-15-25,20-7-5-4-6-8-20)16-42-18(2)19-11-21(27(29,30)31)13-22(12-19)28(32,33)34/h4-8,11-13,17-18,35H,3,9-10,14-16H2,1-2H3,(H,37,40)/t18-,25-,26-/m1/s1. The minimum atomic E-state index is -4.99. The molecule has 4 rings (SSSR count). The Morgan fingerprint density at radius 3 is 2.19 bits per heavy atom. The Hall–Kier alpha value is -3.65. The maximum absolute atomic E-state index is 13.4. The van der Waals surface area contributed by atoms with Gasteiger partial charge in [0.05, 0.1) is 47.9 Å². The first kappa shape index (κ1) is 31.3. The minimum absolute atomic E-state index is 0.0747. The van der Waals surface area contributed by atoms with E-state index < -0.39 is 52.3 Å². The topological polar surface area (TPSA) is 98.2 Å². The van der Waals surface area contributed by atoms with Crippen molar-refractivity contribution in [1.82, 2.24) is 20.1 Å². The van der Waals surface area contributed by atoms with Gasteiger partial charge in [0, 0.05) is 6.54 Å². The van der Waals surface area contributed by atoms with Crippen LogP contribution in [0.1, 0.15) is 61.5 Å². The molecule has 2 N–H and O–H groups in total. The fourth-order valence-electron chi connectivity index (χ4n) is 5.25. The zero-order valence-electron chi connectivity index (χ0n) is 22.8. The number of alkyl halides is 6. The van der Waals surface area contributed by atoms with E-state index in [0.29, 0.717) is 12.1 Å². The first-order valence-corrected chi connectivity index (χ1v) is 13.2. The second-order valence-corrected chi connectivity index (χ2v) is 10.3. The van der Waals surface area contributed by atoms with Crippen molar-refractivity contribution >= 4 is 5.97 Å². The van der Waals surface area contributed by atoms with Gasteiger partial charge < -0.3 is 14.8 Å². The molecule has 0 bridgehead atoms. The third-order valence-corrected chi connectivity index (χ3v) is 7.60. The molecule has 8 nitrogen and oxygen atoms in total. The van der Waals surface area contributed by atoms with Crippen molar-refractivity contribution in [1.29, 1.82) is 0 Å². The number of aromatic amines is 1. The first-order valence-electron chi connectivity index (χ1n) is 13.2. The van der Waals surface area contributed by atoms with Gasteiger partial charge in [0.25, 0.3) is 0 Å². The monoisotopic (exact) mass is 600 g/mol. The summed E-state index contributed by atoms with van der Waals surface area (Å²) < 4.78 is 93.1. The summed E-state index contributed by atoms with van der Waals surface area (Å²) in [4.78, 5) is 25.1. The normalized spacial score (nSPS) is 22.1. The second kappa shape index (κ2) is 11.9. The van der Waals surface area contributed by atoms with Crippen molar-refractivity contribution in [2.45, 2.75) is 62.6 Å². The van der Waals surface area contributed by atoms with E-state index in [1.54, 1.807) is 25.1 Å². The van der Waals surface area contributed by atoms with E-state index in [1.165, 1.54) is 17.8 Å². The number of halogens is 6. The molecule has 0 unspecified atom stereocenters. The molecule has 1 aromatic heterocycles. The number of ether oxygens (including phenoxy) is 2. The van der Waals surface area contributed by atoms with Crippen LogP contribution in [0.4, 0.5) is 26.3 Å². The lowest BCUT2D eigenvalue weighted by molar-refractivity contribution is -0.146. The van der Waals surface area contributed by atoms with E-state index in [9.17, 15) is 35.9 Å². The number of rotatable bonds is 9. The average Bonchev–Trinajstić information content (AvgIpc) is 3.38. The zero-order chi connectivity index (χ0) is 30.8. The van der Waals surface area contributed by atoms with Gasteiger partial charge in [-0.2, -0.15) is 31.4 Å². The molecule has 2 aromatic carbocycles. The summed E-state index contributed by atoms with van der Waals surface area (Å²) in [5.41, 5.74) is -4.91. The number of nitrogens with zero attached hydrogens (tertiary/aromatic N) is 2. The number of carbonyl (C=O) groups excluding carboxylic acids is 1. The fraction of sp³-hybridized carbons (Fsp3) is 0.464. The molecule has 228 valence electrons. The van der Waals surface area contributed by atoms with Gasteiger partial charge in [0.2, 0.25) is 0 Å². The van der Waals surface area contributed by atoms with Gasteiger partial charge in [-0.05, 0) is 56.0 Å². The zero-order valence-corrected chi connectivity index (χ0v) is 22.8. The van der Waals surface area contributed by atoms with Crippen LogP contribution in [0.5, 0.6) is 0 Å². The minimum Gasteiger partial charge on any atom is -0.466 e. The van der Waals surface area contributed by atoms with Crippen molar-refractivity contribution < 1.29 is 40.6 Å². The number of esters is 1. The van der Waals surface area contributed by atoms with E-state index >= 15 is 0 Å². The molecule has 1 saturated heterocycles. The van der Waals surface area contributed by atoms with Crippen LogP contribution >= 0.6 is 0 Å². The van der Waals surface area contributed by atoms with Crippen molar-refractivity contribution in [2.75, 3.05) is 19.8 Å². The summed E-state index contributed by atoms with van der Waals surface area (Å²) >= 11 is 0. The molecule has 3 aromatic rings. The highest BCUT2D eigenvalue weighted by atomic mass is 19.4. The molecule has 3 atom stereocenters. The Morgan fingerprint density at radius 1 is 1.05 bits per heavy atom. The first-order chi connectivity index (χ1) is 19.7. The van der Waals surface area contributed by atoms with Gasteiger partial charge in [-0.1, -0.05) is 30.3 Å². The molecule has 0 saturated carbocycles. The number of hydrogen-bond acceptors (Lipinski definition) is 6. The lowest BCUT2D eigenvalue weighted by atomic mass is 9.75. The Labute approximate surface area is 237 Å². The number of nitrogens with one attached hydrogen (secondary N) is 2. The van der Waals surface area contributed by atoms with Crippen LogP contribution in [-0.2, 0) is 37.7 Å². The van der Waals surface area contributed by atoms with Crippen molar-refractivity contribution in [2.24, 2.45) is 0 Å². The van der Waals surface area contributed by atoms with E-state index in [1.807, 2.05) is 12.1 Å². The van der Waals surface area contributed by atoms with Crippen LogP contribution in [0.15, 0.2) is 59.7 Å². The van der Waals surface area contributed by atoms with Crippen LogP contribution in [0.25, 0.3) is 0 Å². The number of carbonyl (C=O) groups is 1. The van der Waals surface area contributed by atoms with Crippen LogP contribution < -0.4 is 11.0 Å². The van der Waals surface area contributed by atoms with Crippen molar-refractivity contribution in [3.63, 3.8) is 0 Å². The lowest BCUT2D eigenvalue weighted by Gasteiger charge is -2.47. The molecular formula is C28H30F6N4O4. The maximum atomic E-state index is 13.4. The van der Waals surface area contributed by atoms with Gasteiger partial charge >= 0.3 is 24.0 Å². The molecule has 1 fully saturated rings. The quantitative estimate of drug-likeness (QED) is 0.255. The smallest absolute Gasteiger partial charge is 0.416 e. The molecule has 0 amide bonds. The molecule has 1 aliphatic heterocycles. The van der Waals surface area contributed by atoms with Gasteiger partial charge in [-0.15, -0.1) is 0 Å². The fourth-order valence-corrected chi connectivity index (χ4v) is 5.25. The van der Waals surface area contributed by atoms with Gasteiger partial charge in [-0.25, -0.2) is 9.89 Å². The van der Waals surface area contributed by atoms with Gasteiger partial charge in [0.15, 0.2) is 0 Å². The SMILES string of the molecule is CCOC(=O)C[C@]1(n2cn[nH]c2=O)CC[C@@](CO[C@H](C)c2cc(C(F)(F)F)cc(C(F)(F)F)c2)(c2ccccc2)NC1. The largest absolute Gasteiger partial charge is 0.466 e. The van der Waals surface area contributed by atoms with E-state index in [0.717, 1.165) is 5.56 Å². The highest BCUT2D eigenvalue weighted by Crippen LogP contribution is 2.41. The third-order valence-electron chi connectivity index (χ3n) is 7.60. The molecular weight excluding hydrogens is 570 g/mol. The Bertz CT molecular complexity index is 1390. The van der Waals surface area contributed by atoms with E-state index in [4.69, 9.17) is 9.47 Å². The predicted octanol–water partition coefficient (Wildman–Crippen LogP) is 5.31. The second-order valence-electron chi connectivity index (χ2n) is 10.3. The summed E-state index contributed by atoms with van der Waals surface area (Å²) in [6.45, 7) is 3.14. The predicted molar refractivity (Wildman–Crippen MR) is 138 cm³/mol. The molecule has 14 heteroatoms. The average molecular weight is 601 g/mol. The number of H-pyrrole nitrogens is 1. The highest BCUT2D eigenvalue weighted by Gasteiger charge is 2.47. The van der Waals surface area contributed by atoms with Crippen molar-refractivity contribution in [3.8, 4) is 0 Å². The van der Waals surface area contributed by atoms with Crippen LogP contribution in [0.3, 0.4) is 0 Å². The summed E-state index contributed by atoms with van der Waals surface area (Å²) in [6.07, 6.45) is -9.40. The van der Waals surface area contributed by atoms with Crippen molar-refractivity contribution in [3.05, 3.63) is 87.6 Å². The summed E-state index contributed by atoms with van der Waals surface area (Å²) in [7, 11) is 0. The summed E-state index contributed by atoms with van der Waals surface area (Å²) in [5, 5.41) is 9.51. The van der Waals surface area contributed by atoms with E-state index in [2.05, 4.69) is 15.5 Å². The number of hydrogen-bond donors (Lipinski definition) is 2.